The third-order valence-electron chi connectivity index (χ3n) is 12.2. The van der Waals surface area contributed by atoms with E-state index in [2.05, 4.69) is 142 Å². The van der Waals surface area contributed by atoms with E-state index in [0.717, 1.165) is 135 Å². The smallest absolute Gasteiger partial charge is 0.335 e. The van der Waals surface area contributed by atoms with Gasteiger partial charge in [-0.25, -0.2) is 4.79 Å². The fourth-order valence-electron chi connectivity index (χ4n) is 7.86. The second-order valence-corrected chi connectivity index (χ2v) is 19.1. The Morgan fingerprint density at radius 3 is 1.23 bits per heavy atom. The van der Waals surface area contributed by atoms with Crippen LogP contribution in [-0.4, -0.2) is 89.2 Å². The summed E-state index contributed by atoms with van der Waals surface area (Å²) < 4.78 is 28.3. The van der Waals surface area contributed by atoms with Gasteiger partial charge in [-0.15, -0.1) is 0 Å². The molecule has 1 aliphatic rings. The molecule has 0 aromatic rings. The maximum Gasteiger partial charge on any atom is 0.335 e. The molecule has 0 aliphatic carbocycles. The highest BCUT2D eigenvalue weighted by Crippen LogP contribution is 2.26. The van der Waals surface area contributed by atoms with Crippen molar-refractivity contribution in [3.63, 3.8) is 0 Å². The Balaban J connectivity index is 2.74. The van der Waals surface area contributed by atoms with Crippen molar-refractivity contribution in [1.29, 1.82) is 0 Å². The Kier molecular flexibility index (Phi) is 46.8. The van der Waals surface area contributed by atoms with Gasteiger partial charge < -0.3 is 39.0 Å². The van der Waals surface area contributed by atoms with Crippen molar-refractivity contribution in [1.82, 2.24) is 0 Å². The molecular weight excluding hydrogens is 973 g/mol. The second-order valence-electron chi connectivity index (χ2n) is 19.1. The number of aliphatic hydroxyl groups excluding tert-OH is 2. The van der Waals surface area contributed by atoms with E-state index in [1.807, 2.05) is 12.2 Å². The van der Waals surface area contributed by atoms with Crippen molar-refractivity contribution in [3.05, 3.63) is 134 Å². The number of aliphatic carboxylic acids is 1. The van der Waals surface area contributed by atoms with Crippen molar-refractivity contribution < 1.29 is 58.2 Å². The molecule has 1 saturated heterocycles. The van der Waals surface area contributed by atoms with Gasteiger partial charge in [-0.1, -0.05) is 199 Å². The molecule has 0 amide bonds. The van der Waals surface area contributed by atoms with Gasteiger partial charge in [0.15, 0.2) is 24.6 Å². The molecule has 0 bridgehead atoms. The normalized spacial score (nSPS) is 19.0. The van der Waals surface area contributed by atoms with Crippen molar-refractivity contribution in [3.8, 4) is 0 Å². The summed E-state index contributed by atoms with van der Waals surface area (Å²) in [6, 6.07) is 0. The fourth-order valence-corrected chi connectivity index (χ4v) is 7.86. The lowest BCUT2D eigenvalue weighted by atomic mass is 9.98. The van der Waals surface area contributed by atoms with Gasteiger partial charge in [-0.05, 0) is 116 Å². The largest absolute Gasteiger partial charge is 0.479 e. The van der Waals surface area contributed by atoms with Gasteiger partial charge in [0, 0.05) is 19.3 Å². The monoisotopic (exact) mass is 1070 g/mol. The van der Waals surface area contributed by atoms with Crippen LogP contribution in [0.1, 0.15) is 201 Å². The van der Waals surface area contributed by atoms with E-state index >= 15 is 0 Å². The minimum atomic E-state index is -1.93. The molecule has 1 heterocycles. The van der Waals surface area contributed by atoms with Crippen molar-refractivity contribution in [2.24, 2.45) is 0 Å². The molecule has 0 saturated carbocycles. The maximum absolute atomic E-state index is 13.1. The number of rotatable bonds is 47. The average molecular weight is 1070 g/mol. The minimum absolute atomic E-state index is 0.0240. The summed E-state index contributed by atoms with van der Waals surface area (Å²) in [7, 11) is 0. The first-order valence-electron chi connectivity index (χ1n) is 29.2. The number of aliphatic hydroxyl groups is 2. The summed E-state index contributed by atoms with van der Waals surface area (Å²) in [6.07, 6.45) is 60.1. The molecule has 1 rings (SSSR count). The highest BCUT2D eigenvalue weighted by molar-refractivity contribution is 5.74. The van der Waals surface area contributed by atoms with Gasteiger partial charge in [0.2, 0.25) is 0 Å². The molecule has 6 unspecified atom stereocenters. The number of allylic oxidation sites excluding steroid dienone is 22. The molecule has 1 aliphatic heterocycles. The van der Waals surface area contributed by atoms with Crippen LogP contribution in [0.2, 0.25) is 0 Å². The molecule has 0 aromatic carbocycles. The number of carbonyl (C=O) groups excluding carboxylic acids is 3. The van der Waals surface area contributed by atoms with E-state index in [4.69, 9.17) is 23.7 Å². The van der Waals surface area contributed by atoms with Crippen LogP contribution in [-0.2, 0) is 42.9 Å². The van der Waals surface area contributed by atoms with E-state index in [1.165, 1.54) is 0 Å². The summed E-state index contributed by atoms with van der Waals surface area (Å²) in [6.45, 7) is 5.55. The van der Waals surface area contributed by atoms with Crippen molar-refractivity contribution >= 4 is 23.9 Å². The molecule has 6 atom stereocenters. The quantitative estimate of drug-likeness (QED) is 0.0228. The van der Waals surface area contributed by atoms with Crippen LogP contribution in [0.15, 0.2) is 134 Å². The van der Waals surface area contributed by atoms with Gasteiger partial charge in [0.25, 0.3) is 0 Å². The number of carboxylic acid groups (broad SMARTS) is 1. The average Bonchev–Trinajstić information content (AvgIpc) is 3.42. The maximum atomic E-state index is 13.1. The molecule has 432 valence electrons. The molecule has 0 spiro atoms. The number of ether oxygens (including phenoxy) is 5. The summed E-state index contributed by atoms with van der Waals surface area (Å²) in [5, 5.41) is 31.5. The highest BCUT2D eigenvalue weighted by atomic mass is 16.7. The van der Waals surface area contributed by atoms with E-state index in [-0.39, 0.29) is 25.9 Å². The molecular formula is C65H100O12. The number of esters is 3. The minimum Gasteiger partial charge on any atom is -0.479 e. The molecule has 77 heavy (non-hydrogen) atoms. The predicted octanol–water partition coefficient (Wildman–Crippen LogP) is 15.0. The SMILES string of the molecule is CC/C=C\C/C=C\C/C=C\C/C=C\CCCCCCCCC(=O)OCC(COC1OC(C(=O)O)C(O)C(O)C1OC(=O)CCCCCCC/C=C\C/C=C\C/C=C\CC)OC(=O)CC/C=C\C/C=C\C/C=C\C/C=C\CC. The van der Waals surface area contributed by atoms with Crippen LogP contribution in [0.4, 0.5) is 0 Å². The zero-order chi connectivity index (χ0) is 56.1. The highest BCUT2D eigenvalue weighted by Gasteiger charge is 2.50. The Morgan fingerprint density at radius 1 is 0.429 bits per heavy atom. The van der Waals surface area contributed by atoms with Gasteiger partial charge in [-0.2, -0.15) is 0 Å². The number of carbonyl (C=O) groups is 4. The Morgan fingerprint density at radius 2 is 0.805 bits per heavy atom. The first kappa shape index (κ1) is 69.9. The topological polar surface area (TPSA) is 175 Å². The van der Waals surface area contributed by atoms with Crippen LogP contribution >= 0.6 is 0 Å². The molecule has 12 heteroatoms. The van der Waals surface area contributed by atoms with Gasteiger partial charge in [0.1, 0.15) is 18.8 Å². The molecule has 0 aromatic heterocycles. The van der Waals surface area contributed by atoms with Crippen LogP contribution in [0.5, 0.6) is 0 Å². The third-order valence-corrected chi connectivity index (χ3v) is 12.2. The number of unbranched alkanes of at least 4 members (excludes halogenated alkanes) is 11. The zero-order valence-corrected chi connectivity index (χ0v) is 47.4. The third kappa shape index (κ3) is 41.6. The Hall–Kier alpha value is -5.14. The summed E-state index contributed by atoms with van der Waals surface area (Å²) in [5.74, 6) is -3.29. The van der Waals surface area contributed by atoms with Crippen LogP contribution in [0, 0.1) is 0 Å². The van der Waals surface area contributed by atoms with Crippen LogP contribution in [0.25, 0.3) is 0 Å². The van der Waals surface area contributed by atoms with Crippen LogP contribution < -0.4 is 0 Å². The zero-order valence-electron chi connectivity index (χ0n) is 47.4. The molecule has 12 nitrogen and oxygen atoms in total. The van der Waals surface area contributed by atoms with Crippen molar-refractivity contribution in [2.75, 3.05) is 13.2 Å². The van der Waals surface area contributed by atoms with Gasteiger partial charge >= 0.3 is 23.9 Å². The number of hydrogen-bond acceptors (Lipinski definition) is 11. The summed E-state index contributed by atoms with van der Waals surface area (Å²) in [4.78, 5) is 51.1. The van der Waals surface area contributed by atoms with E-state index in [0.29, 0.717) is 25.7 Å². The van der Waals surface area contributed by atoms with E-state index in [1.54, 1.807) is 0 Å². The predicted molar refractivity (Wildman–Crippen MR) is 312 cm³/mol. The first-order chi connectivity index (χ1) is 37.6. The number of hydrogen-bond donors (Lipinski definition) is 3. The van der Waals surface area contributed by atoms with E-state index in [9.17, 15) is 34.5 Å². The van der Waals surface area contributed by atoms with Gasteiger partial charge in [-0.3, -0.25) is 14.4 Å². The van der Waals surface area contributed by atoms with Crippen molar-refractivity contribution in [2.45, 2.75) is 237 Å². The van der Waals surface area contributed by atoms with Crippen LogP contribution in [0.3, 0.4) is 0 Å². The second kappa shape index (κ2) is 51.6. The van der Waals surface area contributed by atoms with Gasteiger partial charge in [0.05, 0.1) is 6.61 Å². The standard InChI is InChI=1S/C65H100O12/c1-4-7-10-13-16-19-22-25-27-28-29-30-32-34-36-39-42-45-48-51-57(66)73-54-56(75-58(67)52-49-46-43-40-37-33-24-21-18-15-12-9-6-3)55-74-65-63(61(70)60(69)62(77-65)64(71)72)76-59(68)53-50-47-44-41-38-35-31-26-23-20-17-14-11-8-5-2/h7-12,16-21,25-27,29-31,33,37,43,46,56,60-63,65,69-70H,4-6,13-15,22-24,28,32,34-36,38-42,44-45,47-55H2,1-3H3,(H,71,72)/b10-7-,11-8-,12-9-,19-16-,20-17-,21-18-,27-25-,30-29-,31-26-,37-33-,46-43-. The number of carboxylic acids is 1. The lowest BCUT2D eigenvalue weighted by molar-refractivity contribution is -0.301. The molecule has 0 radical (unpaired) electrons. The first-order valence-corrected chi connectivity index (χ1v) is 29.2. The summed E-state index contributed by atoms with van der Waals surface area (Å²) >= 11 is 0. The fraction of sp³-hybridized carbons (Fsp3) is 0.600. The molecule has 1 fully saturated rings. The van der Waals surface area contributed by atoms with E-state index < -0.39 is 67.3 Å². The Labute approximate surface area is 464 Å². The lowest BCUT2D eigenvalue weighted by Gasteiger charge is -2.40. The molecule has 3 N–H and O–H groups in total. The summed E-state index contributed by atoms with van der Waals surface area (Å²) in [5.41, 5.74) is 0. The lowest BCUT2D eigenvalue weighted by Crippen LogP contribution is -2.61. The Bertz CT molecular complexity index is 1850.